The lowest BCUT2D eigenvalue weighted by Gasteiger charge is -2.42. The number of rotatable bonds is 3. The summed E-state index contributed by atoms with van der Waals surface area (Å²) in [6.07, 6.45) is 7.07. The highest BCUT2D eigenvalue weighted by Gasteiger charge is 2.31. The van der Waals surface area contributed by atoms with Gasteiger partial charge in [0.2, 0.25) is 0 Å². The van der Waals surface area contributed by atoms with Gasteiger partial charge in [-0.1, -0.05) is 19.3 Å². The third kappa shape index (κ3) is 2.77. The van der Waals surface area contributed by atoms with Gasteiger partial charge in [0.25, 0.3) is 5.69 Å². The summed E-state index contributed by atoms with van der Waals surface area (Å²) in [5.41, 5.74) is 0.997. The van der Waals surface area contributed by atoms with Crippen LogP contribution in [0.1, 0.15) is 42.5 Å². The summed E-state index contributed by atoms with van der Waals surface area (Å²) in [6, 6.07) is 4.88. The SMILES string of the molecule is O=Cc1cc(N2CCC3CCCCC3C2)ccc1[N+](=O)[O-]. The molecule has 0 bridgehead atoms. The van der Waals surface area contributed by atoms with Crippen molar-refractivity contribution in [3.63, 3.8) is 0 Å². The van der Waals surface area contributed by atoms with Crippen molar-refractivity contribution in [1.82, 2.24) is 0 Å². The normalized spacial score (nSPS) is 25.2. The number of aldehydes is 1. The molecule has 0 N–H and O–H groups in total. The van der Waals surface area contributed by atoms with E-state index < -0.39 is 4.92 Å². The highest BCUT2D eigenvalue weighted by molar-refractivity contribution is 5.83. The van der Waals surface area contributed by atoms with Crippen molar-refractivity contribution in [1.29, 1.82) is 0 Å². The Morgan fingerprint density at radius 3 is 2.67 bits per heavy atom. The van der Waals surface area contributed by atoms with Gasteiger partial charge in [0.05, 0.1) is 10.5 Å². The molecule has 5 nitrogen and oxygen atoms in total. The molecule has 2 atom stereocenters. The fourth-order valence-corrected chi connectivity index (χ4v) is 3.83. The lowest BCUT2D eigenvalue weighted by molar-refractivity contribution is -0.385. The van der Waals surface area contributed by atoms with E-state index >= 15 is 0 Å². The van der Waals surface area contributed by atoms with Crippen LogP contribution in [0, 0.1) is 22.0 Å². The summed E-state index contributed by atoms with van der Waals surface area (Å²) < 4.78 is 0. The van der Waals surface area contributed by atoms with Gasteiger partial charge in [0, 0.05) is 24.8 Å². The number of nitro benzene ring substituents is 1. The molecule has 1 saturated heterocycles. The summed E-state index contributed by atoms with van der Waals surface area (Å²) >= 11 is 0. The van der Waals surface area contributed by atoms with E-state index in [0.717, 1.165) is 30.6 Å². The molecule has 3 rings (SSSR count). The minimum absolute atomic E-state index is 0.110. The number of hydrogen-bond donors (Lipinski definition) is 0. The van der Waals surface area contributed by atoms with Crippen molar-refractivity contribution in [3.05, 3.63) is 33.9 Å². The molecular weight excluding hydrogens is 268 g/mol. The lowest BCUT2D eigenvalue weighted by atomic mass is 9.75. The maximum atomic E-state index is 11.1. The fourth-order valence-electron chi connectivity index (χ4n) is 3.83. The van der Waals surface area contributed by atoms with E-state index in [1.165, 1.54) is 38.2 Å². The van der Waals surface area contributed by atoms with E-state index in [9.17, 15) is 14.9 Å². The van der Waals surface area contributed by atoms with Crippen LogP contribution in [0.5, 0.6) is 0 Å². The quantitative estimate of drug-likeness (QED) is 0.485. The molecule has 1 aromatic rings. The summed E-state index contributed by atoms with van der Waals surface area (Å²) in [6.45, 7) is 2.00. The molecule has 21 heavy (non-hydrogen) atoms. The highest BCUT2D eigenvalue weighted by Crippen LogP contribution is 2.38. The van der Waals surface area contributed by atoms with Crippen molar-refractivity contribution < 1.29 is 9.72 Å². The number of nitro groups is 1. The second-order valence-electron chi connectivity index (χ2n) is 6.16. The van der Waals surface area contributed by atoms with Gasteiger partial charge in [0.15, 0.2) is 6.29 Å². The minimum atomic E-state index is -0.499. The van der Waals surface area contributed by atoms with E-state index in [2.05, 4.69) is 4.90 Å². The van der Waals surface area contributed by atoms with Gasteiger partial charge in [-0.25, -0.2) is 0 Å². The van der Waals surface area contributed by atoms with Crippen LogP contribution in [0.25, 0.3) is 0 Å². The van der Waals surface area contributed by atoms with Crippen molar-refractivity contribution in [2.24, 2.45) is 11.8 Å². The van der Waals surface area contributed by atoms with Crippen LogP contribution in [0.2, 0.25) is 0 Å². The Bertz CT molecular complexity index is 558. The fraction of sp³-hybridized carbons (Fsp3) is 0.562. The first-order valence-corrected chi connectivity index (χ1v) is 7.67. The Hall–Kier alpha value is -1.91. The number of hydrogen-bond acceptors (Lipinski definition) is 4. The van der Waals surface area contributed by atoms with Gasteiger partial charge in [-0.05, 0) is 36.8 Å². The molecule has 1 saturated carbocycles. The van der Waals surface area contributed by atoms with Gasteiger partial charge >= 0.3 is 0 Å². The summed E-state index contributed by atoms with van der Waals surface area (Å²) in [7, 11) is 0. The lowest BCUT2D eigenvalue weighted by Crippen LogP contribution is -2.41. The number of nitrogens with zero attached hydrogens (tertiary/aromatic N) is 2. The second-order valence-corrected chi connectivity index (χ2v) is 6.16. The molecule has 5 heteroatoms. The van der Waals surface area contributed by atoms with E-state index in [4.69, 9.17) is 0 Å². The zero-order chi connectivity index (χ0) is 14.8. The first kappa shape index (κ1) is 14.0. The molecule has 0 spiro atoms. The Morgan fingerprint density at radius 1 is 1.19 bits per heavy atom. The summed E-state index contributed by atoms with van der Waals surface area (Å²) in [5, 5.41) is 10.9. The molecule has 112 valence electrons. The number of anilines is 1. The Morgan fingerprint density at radius 2 is 1.95 bits per heavy atom. The Labute approximate surface area is 124 Å². The van der Waals surface area contributed by atoms with Crippen LogP contribution in [-0.4, -0.2) is 24.3 Å². The molecule has 0 radical (unpaired) electrons. The first-order chi connectivity index (χ1) is 10.2. The van der Waals surface area contributed by atoms with Crippen LogP contribution in [0.15, 0.2) is 18.2 Å². The largest absolute Gasteiger partial charge is 0.371 e. The standard InChI is InChI=1S/C16H20N2O3/c19-11-14-9-15(5-6-16(14)18(20)21)17-8-7-12-3-1-2-4-13(12)10-17/h5-6,9,11-13H,1-4,7-8,10H2. The predicted molar refractivity (Wildman–Crippen MR) is 80.8 cm³/mol. The van der Waals surface area contributed by atoms with Gasteiger partial charge in [-0.2, -0.15) is 0 Å². The smallest absolute Gasteiger partial charge is 0.280 e. The Kier molecular flexibility index (Phi) is 3.90. The average molecular weight is 288 g/mol. The average Bonchev–Trinajstić information content (AvgIpc) is 2.53. The van der Waals surface area contributed by atoms with E-state index in [-0.39, 0.29) is 11.3 Å². The zero-order valence-electron chi connectivity index (χ0n) is 12.0. The molecule has 0 amide bonds. The zero-order valence-corrected chi connectivity index (χ0v) is 12.0. The number of carbonyl (C=O) groups excluding carboxylic acids is 1. The number of piperidine rings is 1. The summed E-state index contributed by atoms with van der Waals surface area (Å²) in [5.74, 6) is 1.58. The van der Waals surface area contributed by atoms with Crippen molar-refractivity contribution in [2.45, 2.75) is 32.1 Å². The second kappa shape index (κ2) is 5.84. The van der Waals surface area contributed by atoms with Crippen molar-refractivity contribution in [3.8, 4) is 0 Å². The molecule has 1 aliphatic carbocycles. The molecule has 2 unspecified atom stereocenters. The number of fused-ring (bicyclic) bond motifs is 1. The van der Waals surface area contributed by atoms with Crippen LogP contribution >= 0.6 is 0 Å². The van der Waals surface area contributed by atoms with Gasteiger partial charge in [-0.3, -0.25) is 14.9 Å². The number of carbonyl (C=O) groups is 1. The molecule has 0 aromatic heterocycles. The summed E-state index contributed by atoms with van der Waals surface area (Å²) in [4.78, 5) is 23.7. The monoisotopic (exact) mass is 288 g/mol. The van der Waals surface area contributed by atoms with Crippen LogP contribution in [-0.2, 0) is 0 Å². The third-order valence-corrected chi connectivity index (χ3v) is 4.99. The Balaban J connectivity index is 1.80. The van der Waals surface area contributed by atoms with E-state index in [1.807, 2.05) is 0 Å². The molecule has 2 aliphatic rings. The van der Waals surface area contributed by atoms with Gasteiger partial charge < -0.3 is 4.90 Å². The molecule has 1 heterocycles. The van der Waals surface area contributed by atoms with Gasteiger partial charge in [-0.15, -0.1) is 0 Å². The molecular formula is C16H20N2O3. The van der Waals surface area contributed by atoms with Crippen LogP contribution < -0.4 is 4.90 Å². The molecule has 2 fully saturated rings. The highest BCUT2D eigenvalue weighted by atomic mass is 16.6. The van der Waals surface area contributed by atoms with Crippen molar-refractivity contribution >= 4 is 17.7 Å². The minimum Gasteiger partial charge on any atom is -0.371 e. The van der Waals surface area contributed by atoms with Gasteiger partial charge in [0.1, 0.15) is 0 Å². The third-order valence-electron chi connectivity index (χ3n) is 4.99. The first-order valence-electron chi connectivity index (χ1n) is 7.67. The predicted octanol–water partition coefficient (Wildman–Crippen LogP) is 3.42. The van der Waals surface area contributed by atoms with E-state index in [1.54, 1.807) is 12.1 Å². The maximum absolute atomic E-state index is 11.1. The number of benzene rings is 1. The van der Waals surface area contributed by atoms with Crippen LogP contribution in [0.4, 0.5) is 11.4 Å². The molecule has 1 aliphatic heterocycles. The molecule has 1 aromatic carbocycles. The van der Waals surface area contributed by atoms with E-state index in [0.29, 0.717) is 6.29 Å². The topological polar surface area (TPSA) is 63.5 Å². The maximum Gasteiger partial charge on any atom is 0.280 e. The van der Waals surface area contributed by atoms with Crippen LogP contribution in [0.3, 0.4) is 0 Å². The van der Waals surface area contributed by atoms with Crippen molar-refractivity contribution in [2.75, 3.05) is 18.0 Å².